The van der Waals surface area contributed by atoms with Gasteiger partial charge in [0.1, 0.15) is 0 Å². The fraction of sp³-hybridized carbons (Fsp3) is 0.350. The smallest absolute Gasteiger partial charge is 0.337 e. The van der Waals surface area contributed by atoms with Crippen molar-refractivity contribution in [2.24, 2.45) is 0 Å². The van der Waals surface area contributed by atoms with Crippen LogP contribution in [0, 0.1) is 0 Å². The predicted octanol–water partition coefficient (Wildman–Crippen LogP) is 4.36. The molecule has 1 aliphatic rings. The molecule has 0 heterocycles. The lowest BCUT2D eigenvalue weighted by Gasteiger charge is -2.42. The maximum absolute atomic E-state index is 12.8. The van der Waals surface area contributed by atoms with Crippen LogP contribution in [0.1, 0.15) is 40.7 Å². The third kappa shape index (κ3) is 5.06. The number of esters is 1. The monoisotopic (exact) mass is 441 g/mol. The molecule has 0 bridgehead atoms. The van der Waals surface area contributed by atoms with Gasteiger partial charge in [-0.05, 0) is 61.1 Å². The van der Waals surface area contributed by atoms with E-state index < -0.39 is 21.5 Å². The van der Waals surface area contributed by atoms with Crippen LogP contribution in [0.15, 0.2) is 42.5 Å². The van der Waals surface area contributed by atoms with E-state index in [1.807, 2.05) is 6.07 Å². The van der Waals surface area contributed by atoms with Gasteiger partial charge in [0.05, 0.1) is 18.4 Å². The number of ether oxygens (including phenoxy) is 1. The molecule has 5 nitrogen and oxygen atoms in total. The van der Waals surface area contributed by atoms with Gasteiger partial charge in [0.15, 0.2) is 0 Å². The highest BCUT2D eigenvalue weighted by atomic mass is 35.5. The van der Waals surface area contributed by atoms with Crippen molar-refractivity contribution in [1.29, 1.82) is 0 Å². The van der Waals surface area contributed by atoms with E-state index in [2.05, 4.69) is 9.46 Å². The Morgan fingerprint density at radius 2 is 1.82 bits per heavy atom. The Morgan fingerprint density at radius 1 is 1.14 bits per heavy atom. The van der Waals surface area contributed by atoms with Crippen LogP contribution < -0.4 is 4.72 Å². The van der Waals surface area contributed by atoms with E-state index in [4.69, 9.17) is 23.2 Å². The average molecular weight is 442 g/mol. The summed E-state index contributed by atoms with van der Waals surface area (Å²) in [5, 5.41) is 1.09. The maximum atomic E-state index is 12.8. The van der Waals surface area contributed by atoms with Crippen molar-refractivity contribution in [2.75, 3.05) is 7.11 Å². The lowest BCUT2D eigenvalue weighted by Crippen LogP contribution is -2.55. The van der Waals surface area contributed by atoms with Crippen molar-refractivity contribution in [3.8, 4) is 0 Å². The molecule has 2 aromatic carbocycles. The molecule has 1 N–H and O–H groups in total. The lowest BCUT2D eigenvalue weighted by atomic mass is 9.74. The fourth-order valence-corrected chi connectivity index (χ4v) is 5.50. The van der Waals surface area contributed by atoms with Crippen molar-refractivity contribution >= 4 is 39.2 Å². The van der Waals surface area contributed by atoms with Gasteiger partial charge in [0, 0.05) is 15.6 Å². The predicted molar refractivity (Wildman–Crippen MR) is 110 cm³/mol. The van der Waals surface area contributed by atoms with Crippen LogP contribution in [0.5, 0.6) is 0 Å². The van der Waals surface area contributed by atoms with E-state index in [1.54, 1.807) is 36.4 Å². The molecule has 2 aromatic rings. The van der Waals surface area contributed by atoms with E-state index in [-0.39, 0.29) is 5.75 Å². The number of carbonyl (C=O) groups excluding carboxylic acids is 1. The van der Waals surface area contributed by atoms with Crippen LogP contribution in [0.4, 0.5) is 0 Å². The van der Waals surface area contributed by atoms with Crippen molar-refractivity contribution in [3.63, 3.8) is 0 Å². The summed E-state index contributed by atoms with van der Waals surface area (Å²) in [6, 6.07) is 11.6. The minimum atomic E-state index is -3.57. The molecular weight excluding hydrogens is 421 g/mol. The highest BCUT2D eigenvalue weighted by Gasteiger charge is 2.40. The molecule has 150 valence electrons. The maximum Gasteiger partial charge on any atom is 0.337 e. The first-order valence-corrected chi connectivity index (χ1v) is 11.3. The third-order valence-electron chi connectivity index (χ3n) is 4.96. The Hall–Kier alpha value is -1.60. The first-order valence-electron chi connectivity index (χ1n) is 8.85. The highest BCUT2D eigenvalue weighted by molar-refractivity contribution is 7.88. The van der Waals surface area contributed by atoms with Gasteiger partial charge in [0.2, 0.25) is 10.0 Å². The van der Waals surface area contributed by atoms with Gasteiger partial charge in [-0.3, -0.25) is 0 Å². The molecule has 0 amide bonds. The molecule has 0 atom stereocenters. The van der Waals surface area contributed by atoms with Crippen LogP contribution in [0.3, 0.4) is 0 Å². The fourth-order valence-electron chi connectivity index (χ4n) is 3.39. The second-order valence-corrected chi connectivity index (χ2v) is 9.66. The Bertz CT molecular complexity index is 970. The minimum Gasteiger partial charge on any atom is -0.465 e. The molecule has 0 aliphatic heterocycles. The summed E-state index contributed by atoms with van der Waals surface area (Å²) in [6.07, 6.45) is 2.99. The number of methoxy groups -OCH3 is 1. The lowest BCUT2D eigenvalue weighted by molar-refractivity contribution is 0.0600. The Balaban J connectivity index is 1.71. The molecule has 0 spiro atoms. The molecule has 0 unspecified atom stereocenters. The van der Waals surface area contributed by atoms with Crippen LogP contribution in [-0.2, 0) is 26.9 Å². The van der Waals surface area contributed by atoms with Gasteiger partial charge >= 0.3 is 5.97 Å². The minimum absolute atomic E-state index is 0.162. The van der Waals surface area contributed by atoms with Crippen molar-refractivity contribution < 1.29 is 17.9 Å². The summed E-state index contributed by atoms with van der Waals surface area (Å²) < 4.78 is 33.0. The van der Waals surface area contributed by atoms with Crippen molar-refractivity contribution in [3.05, 3.63) is 69.2 Å². The molecule has 8 heteroatoms. The Kier molecular flexibility index (Phi) is 6.34. The topological polar surface area (TPSA) is 72.5 Å². The SMILES string of the molecule is COC(=O)c1ccc(CS(=O)(=O)NC2(Cc3ccc(Cl)cc3Cl)CCC2)cc1. The van der Waals surface area contributed by atoms with Gasteiger partial charge < -0.3 is 4.74 Å². The summed E-state index contributed by atoms with van der Waals surface area (Å²) in [7, 11) is -2.27. The molecule has 0 radical (unpaired) electrons. The number of nitrogens with one attached hydrogen (secondary N) is 1. The summed E-state index contributed by atoms with van der Waals surface area (Å²) in [5.41, 5.74) is 1.32. The number of benzene rings is 2. The second-order valence-electron chi connectivity index (χ2n) is 7.10. The average Bonchev–Trinajstić information content (AvgIpc) is 2.61. The molecule has 1 saturated carbocycles. The van der Waals surface area contributed by atoms with Gasteiger partial charge in [0.25, 0.3) is 0 Å². The molecule has 0 aromatic heterocycles. The molecule has 28 heavy (non-hydrogen) atoms. The zero-order valence-corrected chi connectivity index (χ0v) is 17.7. The third-order valence-corrected chi connectivity index (χ3v) is 7.00. The highest BCUT2D eigenvalue weighted by Crippen LogP contribution is 2.38. The molecule has 1 fully saturated rings. The molecule has 0 saturated heterocycles. The quantitative estimate of drug-likeness (QED) is 0.647. The zero-order valence-electron chi connectivity index (χ0n) is 15.4. The van der Waals surface area contributed by atoms with E-state index in [1.165, 1.54) is 7.11 Å². The van der Waals surface area contributed by atoms with Crippen LogP contribution >= 0.6 is 23.2 Å². The zero-order chi connectivity index (χ0) is 20.4. The summed E-state index contributed by atoms with van der Waals surface area (Å²) in [6.45, 7) is 0. The number of hydrogen-bond donors (Lipinski definition) is 1. The summed E-state index contributed by atoms with van der Waals surface area (Å²) in [4.78, 5) is 11.5. The van der Waals surface area contributed by atoms with Gasteiger partial charge in [-0.1, -0.05) is 41.4 Å². The van der Waals surface area contributed by atoms with Gasteiger partial charge in [-0.2, -0.15) is 0 Å². The Labute approximate surface area is 175 Å². The van der Waals surface area contributed by atoms with Crippen LogP contribution in [0.2, 0.25) is 10.0 Å². The van der Waals surface area contributed by atoms with Crippen LogP contribution in [0.25, 0.3) is 0 Å². The molecule has 1 aliphatic carbocycles. The largest absolute Gasteiger partial charge is 0.465 e. The first kappa shape index (κ1) is 21.1. The van der Waals surface area contributed by atoms with E-state index >= 15 is 0 Å². The van der Waals surface area contributed by atoms with E-state index in [9.17, 15) is 13.2 Å². The normalized spacial score (nSPS) is 15.7. The van der Waals surface area contributed by atoms with E-state index in [0.29, 0.717) is 27.6 Å². The second kappa shape index (κ2) is 8.41. The van der Waals surface area contributed by atoms with Crippen LogP contribution in [-0.4, -0.2) is 27.0 Å². The molecule has 3 rings (SSSR count). The van der Waals surface area contributed by atoms with Crippen molar-refractivity contribution in [1.82, 2.24) is 4.72 Å². The van der Waals surface area contributed by atoms with E-state index in [0.717, 1.165) is 24.8 Å². The number of hydrogen-bond acceptors (Lipinski definition) is 4. The summed E-state index contributed by atoms with van der Waals surface area (Å²) in [5.74, 6) is -0.620. The number of halogens is 2. The van der Waals surface area contributed by atoms with Crippen molar-refractivity contribution in [2.45, 2.75) is 37.0 Å². The number of sulfonamides is 1. The summed E-state index contributed by atoms with van der Waals surface area (Å²) >= 11 is 12.2. The van der Waals surface area contributed by atoms with Gasteiger partial charge in [-0.25, -0.2) is 17.9 Å². The molecular formula is C20H21Cl2NO4S. The van der Waals surface area contributed by atoms with Gasteiger partial charge in [-0.15, -0.1) is 0 Å². The Morgan fingerprint density at radius 3 is 2.36 bits per heavy atom. The number of carbonyl (C=O) groups is 1. The number of rotatable bonds is 7. The first-order chi connectivity index (χ1) is 13.2. The standard InChI is InChI=1S/C20H21Cl2NO4S/c1-27-19(24)15-5-3-14(4-6-15)13-28(25,26)23-20(9-2-10-20)12-16-7-8-17(21)11-18(16)22/h3-8,11,23H,2,9-10,12-13H2,1H3.